The third kappa shape index (κ3) is 3.32. The molecule has 0 saturated heterocycles. The number of aromatic nitrogens is 2. The molecule has 0 amide bonds. The Morgan fingerprint density at radius 2 is 1.96 bits per heavy atom. The molecule has 0 aliphatic heterocycles. The van der Waals surface area contributed by atoms with Crippen molar-refractivity contribution in [1.82, 2.24) is 9.97 Å². The first-order valence-corrected chi connectivity index (χ1v) is 8.79. The molecule has 0 fully saturated rings. The van der Waals surface area contributed by atoms with E-state index in [1.807, 2.05) is 30.5 Å². The minimum Gasteiger partial charge on any atom is -0.290 e. The SMILES string of the molecule is Cc1csc(C(C#N)C(=O)c2csc(-c3ccc(Cl)cc3)n2)n1. The quantitative estimate of drug-likeness (QED) is 0.632. The minimum atomic E-state index is -0.908. The van der Waals surface area contributed by atoms with Gasteiger partial charge in [-0.2, -0.15) is 5.26 Å². The normalized spacial score (nSPS) is 11.9. The lowest BCUT2D eigenvalue weighted by Crippen LogP contribution is -2.11. The number of Topliss-reactive ketones (excluding diaryl/α,β-unsaturated/α-hetero) is 1. The lowest BCUT2D eigenvalue weighted by molar-refractivity contribution is 0.0974. The maximum atomic E-state index is 12.6. The van der Waals surface area contributed by atoms with Crippen molar-refractivity contribution in [3.05, 3.63) is 56.4 Å². The van der Waals surface area contributed by atoms with Gasteiger partial charge in [0.25, 0.3) is 0 Å². The second-order valence-corrected chi connectivity index (χ2v) is 6.98. The summed E-state index contributed by atoms with van der Waals surface area (Å²) in [6.07, 6.45) is 0. The van der Waals surface area contributed by atoms with Crippen molar-refractivity contribution in [2.24, 2.45) is 0 Å². The Morgan fingerprint density at radius 3 is 2.57 bits per heavy atom. The van der Waals surface area contributed by atoms with Gasteiger partial charge in [-0.3, -0.25) is 4.79 Å². The van der Waals surface area contributed by atoms with Gasteiger partial charge in [0.15, 0.2) is 5.92 Å². The number of ketones is 1. The van der Waals surface area contributed by atoms with Crippen LogP contribution in [0.2, 0.25) is 5.02 Å². The summed E-state index contributed by atoms with van der Waals surface area (Å²) >= 11 is 8.55. The number of nitriles is 1. The fourth-order valence-corrected chi connectivity index (χ4v) is 3.77. The van der Waals surface area contributed by atoms with E-state index < -0.39 is 5.92 Å². The standard InChI is InChI=1S/C16H10ClN3OS2/c1-9-7-22-16(19-9)12(6-18)14(21)13-8-23-15(20-13)10-2-4-11(17)5-3-10/h2-5,7-8,12H,1H3. The van der Waals surface area contributed by atoms with Gasteiger partial charge in [0, 0.05) is 27.0 Å². The van der Waals surface area contributed by atoms with Crippen LogP contribution in [0.4, 0.5) is 0 Å². The fourth-order valence-electron chi connectivity index (χ4n) is 1.99. The molecule has 2 heterocycles. The molecule has 4 nitrogen and oxygen atoms in total. The molecule has 7 heteroatoms. The van der Waals surface area contributed by atoms with E-state index >= 15 is 0 Å². The van der Waals surface area contributed by atoms with Crippen molar-refractivity contribution < 1.29 is 4.79 Å². The molecule has 0 radical (unpaired) electrons. The van der Waals surface area contributed by atoms with Gasteiger partial charge >= 0.3 is 0 Å². The summed E-state index contributed by atoms with van der Waals surface area (Å²) in [6.45, 7) is 1.83. The number of carbonyl (C=O) groups is 1. The summed E-state index contributed by atoms with van der Waals surface area (Å²) in [5.41, 5.74) is 1.98. The smallest absolute Gasteiger partial charge is 0.206 e. The highest BCUT2D eigenvalue weighted by Gasteiger charge is 2.26. The second-order valence-electron chi connectivity index (χ2n) is 4.80. The van der Waals surface area contributed by atoms with Crippen LogP contribution < -0.4 is 0 Å². The van der Waals surface area contributed by atoms with Crippen LogP contribution in [-0.4, -0.2) is 15.8 Å². The Hall–Kier alpha value is -2.07. The Kier molecular flexibility index (Phi) is 4.53. The first-order chi connectivity index (χ1) is 11.1. The van der Waals surface area contributed by atoms with E-state index in [1.54, 1.807) is 17.5 Å². The lowest BCUT2D eigenvalue weighted by atomic mass is 10.1. The first-order valence-electron chi connectivity index (χ1n) is 6.66. The monoisotopic (exact) mass is 359 g/mol. The summed E-state index contributed by atoms with van der Waals surface area (Å²) < 4.78 is 0. The Morgan fingerprint density at radius 1 is 1.22 bits per heavy atom. The van der Waals surface area contributed by atoms with Crippen molar-refractivity contribution in [2.45, 2.75) is 12.8 Å². The molecule has 0 bridgehead atoms. The van der Waals surface area contributed by atoms with E-state index in [2.05, 4.69) is 9.97 Å². The number of hydrogen-bond donors (Lipinski definition) is 0. The summed E-state index contributed by atoms with van der Waals surface area (Å²) in [7, 11) is 0. The van der Waals surface area contributed by atoms with Gasteiger partial charge in [-0.25, -0.2) is 9.97 Å². The van der Waals surface area contributed by atoms with E-state index in [9.17, 15) is 10.1 Å². The number of benzene rings is 1. The topological polar surface area (TPSA) is 66.6 Å². The molecule has 3 rings (SSSR count). The van der Waals surface area contributed by atoms with Gasteiger partial charge < -0.3 is 0 Å². The zero-order valence-electron chi connectivity index (χ0n) is 12.0. The predicted octanol–water partition coefficient (Wildman–Crippen LogP) is 4.72. The van der Waals surface area contributed by atoms with Crippen LogP contribution in [0.3, 0.4) is 0 Å². The van der Waals surface area contributed by atoms with E-state index in [0.29, 0.717) is 15.7 Å². The molecule has 114 valence electrons. The molecule has 1 aromatic carbocycles. The van der Waals surface area contributed by atoms with Crippen LogP contribution in [0.25, 0.3) is 10.6 Å². The minimum absolute atomic E-state index is 0.291. The van der Waals surface area contributed by atoms with E-state index in [1.165, 1.54) is 22.7 Å². The first kappa shape index (κ1) is 15.8. The maximum Gasteiger partial charge on any atom is 0.206 e. The van der Waals surface area contributed by atoms with Crippen LogP contribution >= 0.6 is 34.3 Å². The van der Waals surface area contributed by atoms with Crippen LogP contribution in [0.5, 0.6) is 0 Å². The molecule has 0 saturated carbocycles. The largest absolute Gasteiger partial charge is 0.290 e. The molecular formula is C16H10ClN3OS2. The highest BCUT2D eigenvalue weighted by Crippen LogP contribution is 2.28. The van der Waals surface area contributed by atoms with Gasteiger partial charge in [-0.05, 0) is 19.1 Å². The zero-order valence-corrected chi connectivity index (χ0v) is 14.4. The average molecular weight is 360 g/mol. The van der Waals surface area contributed by atoms with Crippen molar-refractivity contribution in [3.8, 4) is 16.6 Å². The number of thiazole rings is 2. The van der Waals surface area contributed by atoms with Crippen molar-refractivity contribution in [2.75, 3.05) is 0 Å². The second kappa shape index (κ2) is 6.59. The number of rotatable bonds is 4. The van der Waals surface area contributed by atoms with Gasteiger partial charge in [0.2, 0.25) is 5.78 Å². The molecule has 1 unspecified atom stereocenters. The summed E-state index contributed by atoms with van der Waals surface area (Å²) in [5, 5.41) is 14.7. The van der Waals surface area contributed by atoms with Gasteiger partial charge in [0.05, 0.1) is 6.07 Å². The van der Waals surface area contributed by atoms with E-state index in [0.717, 1.165) is 16.3 Å². The number of carbonyl (C=O) groups excluding carboxylic acids is 1. The molecule has 1 atom stereocenters. The van der Waals surface area contributed by atoms with Crippen LogP contribution in [0, 0.1) is 18.3 Å². The van der Waals surface area contributed by atoms with Crippen LogP contribution in [0.15, 0.2) is 35.0 Å². The molecule has 0 aliphatic carbocycles. The van der Waals surface area contributed by atoms with Crippen molar-refractivity contribution >= 4 is 40.1 Å². The molecule has 3 aromatic rings. The third-order valence-corrected chi connectivity index (χ3v) is 5.29. The molecule has 0 spiro atoms. The van der Waals surface area contributed by atoms with Crippen molar-refractivity contribution in [3.63, 3.8) is 0 Å². The Labute approximate surface area is 146 Å². The Bertz CT molecular complexity index is 893. The number of hydrogen-bond acceptors (Lipinski definition) is 6. The van der Waals surface area contributed by atoms with Gasteiger partial charge in [-0.1, -0.05) is 23.7 Å². The number of aryl methyl sites for hydroxylation is 1. The fraction of sp³-hybridized carbons (Fsp3) is 0.125. The third-order valence-electron chi connectivity index (χ3n) is 3.12. The molecule has 0 N–H and O–H groups in total. The number of halogens is 1. The number of nitrogens with zero attached hydrogens (tertiary/aromatic N) is 3. The summed E-state index contributed by atoms with van der Waals surface area (Å²) in [5.74, 6) is -1.23. The summed E-state index contributed by atoms with van der Waals surface area (Å²) in [4.78, 5) is 21.2. The van der Waals surface area contributed by atoms with Crippen molar-refractivity contribution in [1.29, 1.82) is 5.26 Å². The highest BCUT2D eigenvalue weighted by molar-refractivity contribution is 7.13. The van der Waals surface area contributed by atoms with Crippen LogP contribution in [-0.2, 0) is 0 Å². The lowest BCUT2D eigenvalue weighted by Gasteiger charge is -2.02. The molecule has 0 aliphatic rings. The molecule has 23 heavy (non-hydrogen) atoms. The maximum absolute atomic E-state index is 12.6. The molecule has 2 aromatic heterocycles. The zero-order chi connectivity index (χ0) is 16.4. The Balaban J connectivity index is 1.88. The van der Waals surface area contributed by atoms with E-state index in [-0.39, 0.29) is 5.78 Å². The molecular weight excluding hydrogens is 350 g/mol. The van der Waals surface area contributed by atoms with Gasteiger partial charge in [0.1, 0.15) is 15.7 Å². The predicted molar refractivity (Wildman–Crippen MR) is 92.1 cm³/mol. The average Bonchev–Trinajstić information content (AvgIpc) is 3.18. The highest BCUT2D eigenvalue weighted by atomic mass is 35.5. The van der Waals surface area contributed by atoms with Crippen LogP contribution in [0.1, 0.15) is 27.1 Å². The van der Waals surface area contributed by atoms with Gasteiger partial charge in [-0.15, -0.1) is 22.7 Å². The summed E-state index contributed by atoms with van der Waals surface area (Å²) in [6, 6.07) is 9.28. The van der Waals surface area contributed by atoms with E-state index in [4.69, 9.17) is 11.6 Å².